The molecule has 0 aromatic carbocycles. The van der Waals surface area contributed by atoms with Gasteiger partial charge in [0.2, 0.25) is 0 Å². The van der Waals surface area contributed by atoms with Crippen molar-refractivity contribution in [2.75, 3.05) is 0 Å². The third-order valence-corrected chi connectivity index (χ3v) is 1.08. The maximum atomic E-state index is 7.50. The van der Waals surface area contributed by atoms with Crippen molar-refractivity contribution in [3.8, 4) is 11.8 Å². The van der Waals surface area contributed by atoms with E-state index in [4.69, 9.17) is 9.30 Å². The Morgan fingerprint density at radius 3 is 1.47 bits per heavy atom. The fourth-order valence-corrected chi connectivity index (χ4v) is 0.470. The van der Waals surface area contributed by atoms with E-state index >= 15 is 0 Å². The molecule has 0 aromatic rings. The summed E-state index contributed by atoms with van der Waals surface area (Å²) < 4.78 is 15.0. The zero-order valence-electron chi connectivity index (χ0n) is 9.00. The first-order valence-electron chi connectivity index (χ1n) is 3.74. The van der Waals surface area contributed by atoms with Gasteiger partial charge in [0.15, 0.2) is 0 Å². The fraction of sp³-hybridized carbons (Fsp3) is 0.250. The second kappa shape index (κ2) is 29.2. The zero-order valence-corrected chi connectivity index (χ0v) is 10.2. The van der Waals surface area contributed by atoms with Gasteiger partial charge < -0.3 is 0 Å². The minimum absolute atomic E-state index is 0. The monoisotopic (exact) mass is 244 g/mol. The van der Waals surface area contributed by atoms with Gasteiger partial charge in [0, 0.05) is 23.5 Å². The molecule has 0 spiro atoms. The van der Waals surface area contributed by atoms with Crippen LogP contribution < -0.4 is 0 Å². The van der Waals surface area contributed by atoms with Crippen LogP contribution in [-0.2, 0) is 26.4 Å². The molecule has 1 aliphatic rings. The van der Waals surface area contributed by atoms with Crippen molar-refractivity contribution in [1.29, 1.82) is 0 Å². The van der Waals surface area contributed by atoms with Crippen molar-refractivity contribution in [3.05, 3.63) is 43.5 Å². The Hall–Kier alpha value is -0.961. The molecule has 0 N–H and O–H groups in total. The summed E-state index contributed by atoms with van der Waals surface area (Å²) in [7, 11) is 0. The van der Waals surface area contributed by atoms with Crippen LogP contribution in [0.4, 0.5) is 0 Å². The number of rotatable bonds is 0. The third kappa shape index (κ3) is 32.1. The maximum absolute atomic E-state index is 7.50. The van der Waals surface area contributed by atoms with Crippen molar-refractivity contribution in [1.82, 2.24) is 0 Å². The summed E-state index contributed by atoms with van der Waals surface area (Å²) >= 11 is 0. The van der Waals surface area contributed by atoms with Gasteiger partial charge >= 0.3 is 22.6 Å². The molecule has 2 radical (unpaired) electrons. The number of hydrogen-bond acceptors (Lipinski definition) is 0. The Kier molecular flexibility index (Phi) is 46.2. The van der Waals surface area contributed by atoms with Crippen molar-refractivity contribution >= 4 is 0 Å². The Bertz CT molecular complexity index is 250. The minimum atomic E-state index is 0. The molecule has 2 nitrogen and oxygen atoms in total. The van der Waals surface area contributed by atoms with Crippen LogP contribution in [0.3, 0.4) is 0 Å². The van der Waals surface area contributed by atoms with Gasteiger partial charge in [-0.25, -0.2) is 0 Å². The van der Waals surface area contributed by atoms with Crippen LogP contribution in [0.1, 0.15) is 20.8 Å². The standard InChI is InChI=1S/C6H7.C4H6.2CO.Mn/c1-6-4-2-3-5-6;1-3-4-2;2*1-2;/h2-5H,1H3;1-2H3;;;. The van der Waals surface area contributed by atoms with Gasteiger partial charge in [-0.2, -0.15) is 0 Å². The maximum Gasteiger partial charge on any atom is 0 e. The van der Waals surface area contributed by atoms with Crippen LogP contribution in [0, 0.1) is 31.6 Å². The Labute approximate surface area is 103 Å². The van der Waals surface area contributed by atoms with E-state index in [0.29, 0.717) is 0 Å². The first-order chi connectivity index (χ1) is 6.81. The van der Waals surface area contributed by atoms with Gasteiger partial charge in [-0.05, 0) is 20.8 Å². The molecule has 3 heteroatoms. The fourth-order valence-electron chi connectivity index (χ4n) is 0.470. The van der Waals surface area contributed by atoms with E-state index in [1.165, 1.54) is 5.57 Å². The van der Waals surface area contributed by atoms with E-state index in [1.54, 1.807) is 0 Å². The van der Waals surface area contributed by atoms with Crippen molar-refractivity contribution in [3.63, 3.8) is 0 Å². The van der Waals surface area contributed by atoms with Crippen molar-refractivity contribution in [2.24, 2.45) is 0 Å². The molecule has 1 rings (SSSR count). The summed E-state index contributed by atoms with van der Waals surface area (Å²) in [6.45, 7) is 14.7. The van der Waals surface area contributed by atoms with E-state index in [9.17, 15) is 0 Å². The van der Waals surface area contributed by atoms with E-state index in [1.807, 2.05) is 26.0 Å². The average Bonchev–Trinajstić information content (AvgIpc) is 2.75. The Morgan fingerprint density at radius 1 is 1.00 bits per heavy atom. The SMILES string of the molecule is CC#CC.CC1=CC=C[CH]1.[C-]#[O+].[C-]#[O+].[Mn]. The van der Waals surface area contributed by atoms with Gasteiger partial charge in [-0.1, -0.05) is 23.8 Å². The molecule has 0 saturated heterocycles. The summed E-state index contributed by atoms with van der Waals surface area (Å²) in [5.41, 5.74) is 1.34. The van der Waals surface area contributed by atoms with E-state index in [2.05, 4.69) is 44.6 Å². The van der Waals surface area contributed by atoms with Crippen LogP contribution in [0.5, 0.6) is 0 Å². The van der Waals surface area contributed by atoms with Gasteiger partial charge in [-0.15, -0.1) is 11.8 Å². The van der Waals surface area contributed by atoms with Crippen molar-refractivity contribution in [2.45, 2.75) is 20.8 Å². The second-order valence-corrected chi connectivity index (χ2v) is 1.96. The van der Waals surface area contributed by atoms with Gasteiger partial charge in [0.05, 0.1) is 0 Å². The first-order valence-corrected chi connectivity index (χ1v) is 3.74. The largest absolute Gasteiger partial charge is 0 e. The first kappa shape index (κ1) is 23.7. The molecule has 0 heterocycles. The number of allylic oxidation sites excluding steroid dienone is 4. The molecule has 0 unspecified atom stereocenters. The number of hydrogen-bond donors (Lipinski definition) is 0. The molecule has 0 aromatic heterocycles. The zero-order chi connectivity index (χ0) is 11.8. The summed E-state index contributed by atoms with van der Waals surface area (Å²) in [5.74, 6) is 5.36. The van der Waals surface area contributed by atoms with Gasteiger partial charge in [-0.3, -0.25) is 0 Å². The van der Waals surface area contributed by atoms with E-state index < -0.39 is 0 Å². The Morgan fingerprint density at radius 2 is 1.40 bits per heavy atom. The molecule has 0 fully saturated rings. The average molecular weight is 244 g/mol. The van der Waals surface area contributed by atoms with Gasteiger partial charge in [0.25, 0.3) is 0 Å². The summed E-state index contributed by atoms with van der Waals surface area (Å²) in [5, 5.41) is 0. The molecule has 0 atom stereocenters. The van der Waals surface area contributed by atoms with E-state index in [-0.39, 0.29) is 17.1 Å². The molecule has 0 bridgehead atoms. The smallest absolute Gasteiger partial charge is 0 e. The Balaban J connectivity index is -0.0000000601. The van der Waals surface area contributed by atoms with Gasteiger partial charge in [0.1, 0.15) is 0 Å². The molecular formula is C12H13MnO2. The molecule has 80 valence electrons. The third-order valence-electron chi connectivity index (χ3n) is 1.08. The van der Waals surface area contributed by atoms with Crippen LogP contribution in [0.25, 0.3) is 0 Å². The molecular weight excluding hydrogens is 231 g/mol. The quantitative estimate of drug-likeness (QED) is 0.272. The van der Waals surface area contributed by atoms with Crippen LogP contribution in [0.2, 0.25) is 0 Å². The molecule has 15 heavy (non-hydrogen) atoms. The van der Waals surface area contributed by atoms with Crippen LogP contribution in [0.15, 0.2) is 23.8 Å². The second-order valence-electron chi connectivity index (χ2n) is 1.96. The van der Waals surface area contributed by atoms with E-state index in [0.717, 1.165) is 0 Å². The minimum Gasteiger partial charge on any atom is 0 e. The topological polar surface area (TPSA) is 39.8 Å². The predicted octanol–water partition coefficient (Wildman–Crippen LogP) is 2.66. The molecule has 0 amide bonds. The van der Waals surface area contributed by atoms with Crippen LogP contribution >= 0.6 is 0 Å². The summed E-state index contributed by atoms with van der Waals surface area (Å²) in [4.78, 5) is 0. The predicted molar refractivity (Wildman–Crippen MR) is 54.2 cm³/mol. The normalized spacial score (nSPS) is 8.60. The molecule has 1 aliphatic carbocycles. The molecule has 0 saturated carbocycles. The summed E-state index contributed by atoms with van der Waals surface area (Å²) in [6.07, 6.45) is 8.24. The molecule has 0 aliphatic heterocycles. The van der Waals surface area contributed by atoms with Crippen LogP contribution in [-0.4, -0.2) is 0 Å². The van der Waals surface area contributed by atoms with Crippen molar-refractivity contribution < 1.29 is 26.4 Å². The summed E-state index contributed by atoms with van der Waals surface area (Å²) in [6, 6.07) is 0.